The molecule has 0 aliphatic rings. The van der Waals surface area contributed by atoms with E-state index in [9.17, 15) is 14.0 Å². The zero-order valence-electron chi connectivity index (χ0n) is 12.5. The number of fused-ring (bicyclic) bond motifs is 1. The van der Waals surface area contributed by atoms with Crippen LogP contribution in [0, 0.1) is 5.82 Å². The predicted octanol–water partition coefficient (Wildman–Crippen LogP) is 2.94. The van der Waals surface area contributed by atoms with E-state index in [2.05, 4.69) is 4.98 Å². The molecule has 0 aliphatic carbocycles. The maximum absolute atomic E-state index is 13.7. The number of nitrogens with one attached hydrogen (secondary N) is 1. The minimum atomic E-state index is -0.572. The van der Waals surface area contributed by atoms with Crippen LogP contribution in [0.25, 0.3) is 10.9 Å². The molecule has 0 unspecified atom stereocenters. The van der Waals surface area contributed by atoms with Gasteiger partial charge < -0.3 is 9.88 Å². The van der Waals surface area contributed by atoms with E-state index < -0.39 is 11.7 Å². The van der Waals surface area contributed by atoms with E-state index in [1.54, 1.807) is 19.2 Å². The van der Waals surface area contributed by atoms with Gasteiger partial charge in [0.1, 0.15) is 5.82 Å². The van der Waals surface area contributed by atoms with Crippen molar-refractivity contribution in [1.82, 2.24) is 9.88 Å². The Morgan fingerprint density at radius 1 is 1.13 bits per heavy atom. The lowest BCUT2D eigenvalue weighted by Crippen LogP contribution is -2.29. The van der Waals surface area contributed by atoms with Crippen LogP contribution in [0.1, 0.15) is 15.9 Å². The van der Waals surface area contributed by atoms with Crippen molar-refractivity contribution in [2.75, 3.05) is 7.05 Å². The van der Waals surface area contributed by atoms with E-state index in [4.69, 9.17) is 0 Å². The van der Waals surface area contributed by atoms with Crippen molar-refractivity contribution < 1.29 is 9.18 Å². The number of nitrogens with zero attached hydrogens (tertiary/aromatic N) is 1. The molecule has 0 saturated carbocycles. The molecule has 0 bridgehead atoms. The standard InChI is InChI=1S/C18H15FN2O2/c1-21(18(23)14-7-3-4-8-15(14)19)11-13-10-12-6-2-5-9-16(12)20-17(13)22/h2-10H,11H2,1H3,(H,20,22). The number of amides is 1. The number of rotatable bonds is 3. The third-order valence-electron chi connectivity index (χ3n) is 3.69. The topological polar surface area (TPSA) is 53.2 Å². The van der Waals surface area contributed by atoms with Crippen LogP contribution in [0.5, 0.6) is 0 Å². The van der Waals surface area contributed by atoms with Crippen molar-refractivity contribution >= 4 is 16.8 Å². The first kappa shape index (κ1) is 15.0. The molecular weight excluding hydrogens is 295 g/mol. The Labute approximate surface area is 132 Å². The van der Waals surface area contributed by atoms with Gasteiger partial charge in [0.15, 0.2) is 0 Å². The highest BCUT2D eigenvalue weighted by Crippen LogP contribution is 2.13. The van der Waals surface area contributed by atoms with E-state index in [0.29, 0.717) is 5.56 Å². The molecule has 3 aromatic rings. The van der Waals surface area contributed by atoms with Gasteiger partial charge in [0.25, 0.3) is 11.5 Å². The van der Waals surface area contributed by atoms with Gasteiger partial charge in [-0.3, -0.25) is 9.59 Å². The van der Waals surface area contributed by atoms with Gasteiger partial charge in [-0.1, -0.05) is 30.3 Å². The van der Waals surface area contributed by atoms with E-state index >= 15 is 0 Å². The molecule has 116 valence electrons. The quantitative estimate of drug-likeness (QED) is 0.808. The molecule has 0 fully saturated rings. The summed E-state index contributed by atoms with van der Waals surface area (Å²) in [6.45, 7) is 0.104. The summed E-state index contributed by atoms with van der Waals surface area (Å²) in [6, 6.07) is 15.0. The Kier molecular flexibility index (Phi) is 3.93. The van der Waals surface area contributed by atoms with E-state index in [1.807, 2.05) is 24.3 Å². The van der Waals surface area contributed by atoms with Gasteiger partial charge in [-0.15, -0.1) is 0 Å². The lowest BCUT2D eigenvalue weighted by Gasteiger charge is -2.17. The zero-order chi connectivity index (χ0) is 16.4. The summed E-state index contributed by atoms with van der Waals surface area (Å²) in [5.74, 6) is -1.03. The SMILES string of the molecule is CN(Cc1cc2ccccc2[nH]c1=O)C(=O)c1ccccc1F. The Bertz CT molecular complexity index is 933. The van der Waals surface area contributed by atoms with Gasteiger partial charge in [-0.25, -0.2) is 4.39 Å². The third kappa shape index (κ3) is 2.99. The average Bonchev–Trinajstić information content (AvgIpc) is 2.55. The van der Waals surface area contributed by atoms with Gasteiger partial charge in [-0.2, -0.15) is 0 Å². The fraction of sp³-hybridized carbons (Fsp3) is 0.111. The number of aromatic nitrogens is 1. The molecule has 1 amide bonds. The fourth-order valence-corrected chi connectivity index (χ4v) is 2.48. The molecule has 0 atom stereocenters. The number of carbonyl (C=O) groups excluding carboxylic acids is 1. The summed E-state index contributed by atoms with van der Waals surface area (Å²) in [6.07, 6.45) is 0. The zero-order valence-corrected chi connectivity index (χ0v) is 12.5. The number of pyridine rings is 1. The molecule has 0 aliphatic heterocycles. The lowest BCUT2D eigenvalue weighted by atomic mass is 10.1. The van der Waals surface area contributed by atoms with Crippen molar-refractivity contribution in [3.8, 4) is 0 Å². The van der Waals surface area contributed by atoms with Crippen molar-refractivity contribution in [3.05, 3.63) is 81.9 Å². The molecule has 1 heterocycles. The Morgan fingerprint density at radius 3 is 2.61 bits per heavy atom. The molecule has 0 radical (unpaired) electrons. The Morgan fingerprint density at radius 2 is 1.83 bits per heavy atom. The lowest BCUT2D eigenvalue weighted by molar-refractivity contribution is 0.0780. The van der Waals surface area contributed by atoms with E-state index in [0.717, 1.165) is 10.9 Å². The van der Waals surface area contributed by atoms with Gasteiger partial charge >= 0.3 is 0 Å². The minimum Gasteiger partial charge on any atom is -0.337 e. The van der Waals surface area contributed by atoms with Crippen LogP contribution in [0.2, 0.25) is 0 Å². The molecule has 0 spiro atoms. The Balaban J connectivity index is 1.89. The Hall–Kier alpha value is -2.95. The summed E-state index contributed by atoms with van der Waals surface area (Å²) in [5.41, 5.74) is 0.935. The minimum absolute atomic E-state index is 0.00721. The second-order valence-corrected chi connectivity index (χ2v) is 5.35. The third-order valence-corrected chi connectivity index (χ3v) is 3.69. The molecule has 1 aromatic heterocycles. The summed E-state index contributed by atoms with van der Waals surface area (Å²) in [7, 11) is 1.55. The van der Waals surface area contributed by atoms with Crippen LogP contribution in [0.3, 0.4) is 0 Å². The van der Waals surface area contributed by atoms with Gasteiger partial charge in [0.2, 0.25) is 0 Å². The smallest absolute Gasteiger partial charge is 0.256 e. The number of para-hydroxylation sites is 1. The number of benzene rings is 2. The molecule has 0 saturated heterocycles. The van der Waals surface area contributed by atoms with Gasteiger partial charge in [-0.05, 0) is 29.7 Å². The molecule has 4 nitrogen and oxygen atoms in total. The van der Waals surface area contributed by atoms with Gasteiger partial charge in [0, 0.05) is 18.1 Å². The molecule has 23 heavy (non-hydrogen) atoms. The second-order valence-electron chi connectivity index (χ2n) is 5.35. The number of halogens is 1. The first-order valence-electron chi connectivity index (χ1n) is 7.17. The number of hydrogen-bond acceptors (Lipinski definition) is 2. The molecule has 3 rings (SSSR count). The molecule has 2 aromatic carbocycles. The molecule has 1 N–H and O–H groups in total. The van der Waals surface area contributed by atoms with Gasteiger partial charge in [0.05, 0.1) is 12.1 Å². The number of carbonyl (C=O) groups is 1. The summed E-state index contributed by atoms with van der Waals surface area (Å²) >= 11 is 0. The van der Waals surface area contributed by atoms with Crippen molar-refractivity contribution in [1.29, 1.82) is 0 Å². The molecular formula is C18H15FN2O2. The fourth-order valence-electron chi connectivity index (χ4n) is 2.48. The van der Waals surface area contributed by atoms with Crippen LogP contribution in [-0.4, -0.2) is 22.8 Å². The van der Waals surface area contributed by atoms with Crippen LogP contribution in [0.15, 0.2) is 59.4 Å². The maximum atomic E-state index is 13.7. The maximum Gasteiger partial charge on any atom is 0.256 e. The normalized spacial score (nSPS) is 10.7. The van der Waals surface area contributed by atoms with Crippen molar-refractivity contribution in [2.24, 2.45) is 0 Å². The molecule has 5 heteroatoms. The number of aromatic amines is 1. The van der Waals surface area contributed by atoms with Crippen LogP contribution in [-0.2, 0) is 6.54 Å². The highest BCUT2D eigenvalue weighted by atomic mass is 19.1. The number of H-pyrrole nitrogens is 1. The highest BCUT2D eigenvalue weighted by Gasteiger charge is 2.17. The summed E-state index contributed by atoms with van der Waals surface area (Å²) < 4.78 is 13.7. The van der Waals surface area contributed by atoms with Crippen LogP contribution < -0.4 is 5.56 Å². The average molecular weight is 310 g/mol. The van der Waals surface area contributed by atoms with E-state index in [1.165, 1.54) is 23.1 Å². The van der Waals surface area contributed by atoms with Crippen LogP contribution >= 0.6 is 0 Å². The first-order valence-corrected chi connectivity index (χ1v) is 7.17. The second kappa shape index (κ2) is 6.04. The van der Waals surface area contributed by atoms with Crippen molar-refractivity contribution in [3.63, 3.8) is 0 Å². The van der Waals surface area contributed by atoms with Crippen LogP contribution in [0.4, 0.5) is 4.39 Å². The van der Waals surface area contributed by atoms with Crippen molar-refractivity contribution in [2.45, 2.75) is 6.54 Å². The largest absolute Gasteiger partial charge is 0.337 e. The number of hydrogen-bond donors (Lipinski definition) is 1. The predicted molar refractivity (Wildman–Crippen MR) is 86.8 cm³/mol. The highest BCUT2D eigenvalue weighted by molar-refractivity contribution is 5.94. The first-order chi connectivity index (χ1) is 11.1. The summed E-state index contributed by atoms with van der Waals surface area (Å²) in [4.78, 5) is 28.6. The monoisotopic (exact) mass is 310 g/mol. The summed E-state index contributed by atoms with van der Waals surface area (Å²) in [5, 5.41) is 0.883. The van der Waals surface area contributed by atoms with E-state index in [-0.39, 0.29) is 17.7 Å².